The minimum atomic E-state index is 0.294. The number of phenols is 1. The normalized spacial score (nSPS) is 10.7. The molecule has 0 aliphatic rings. The Morgan fingerprint density at radius 2 is 1.81 bits per heavy atom. The molecular weight excluding hydrogens is 262 g/mol. The van der Waals surface area contributed by atoms with E-state index < -0.39 is 0 Å². The fourth-order valence-electron chi connectivity index (χ4n) is 2.37. The lowest BCUT2D eigenvalue weighted by Crippen LogP contribution is -2.05. The van der Waals surface area contributed by atoms with Crippen LogP contribution >= 0.6 is 0 Å². The highest BCUT2D eigenvalue weighted by Crippen LogP contribution is 2.27. The number of nitrogen functional groups attached to an aromatic ring is 1. The number of hydrogen-bond acceptors (Lipinski definition) is 4. The zero-order valence-corrected chi connectivity index (χ0v) is 11.6. The molecule has 0 saturated heterocycles. The number of nitrogens with two attached hydrogens (primary N) is 1. The molecular formula is C17H17N3O. The van der Waals surface area contributed by atoms with Crippen LogP contribution in [0.15, 0.2) is 54.9 Å². The molecule has 0 fully saturated rings. The van der Waals surface area contributed by atoms with Crippen molar-refractivity contribution in [3.8, 4) is 5.75 Å². The monoisotopic (exact) mass is 279 g/mol. The van der Waals surface area contributed by atoms with Crippen molar-refractivity contribution in [2.75, 3.05) is 17.6 Å². The third-order valence-corrected chi connectivity index (χ3v) is 3.52. The third-order valence-electron chi connectivity index (χ3n) is 3.52. The third kappa shape index (κ3) is 2.89. The van der Waals surface area contributed by atoms with Crippen molar-refractivity contribution in [2.45, 2.75) is 6.42 Å². The van der Waals surface area contributed by atoms with Gasteiger partial charge in [0, 0.05) is 41.1 Å². The van der Waals surface area contributed by atoms with Crippen molar-refractivity contribution >= 4 is 22.1 Å². The lowest BCUT2D eigenvalue weighted by molar-refractivity contribution is 0.475. The van der Waals surface area contributed by atoms with E-state index >= 15 is 0 Å². The van der Waals surface area contributed by atoms with E-state index in [1.807, 2.05) is 36.5 Å². The largest absolute Gasteiger partial charge is 0.508 e. The molecule has 0 aliphatic heterocycles. The molecule has 0 spiro atoms. The lowest BCUT2D eigenvalue weighted by atomic mass is 10.1. The van der Waals surface area contributed by atoms with Crippen molar-refractivity contribution in [1.29, 1.82) is 0 Å². The van der Waals surface area contributed by atoms with Crippen LogP contribution in [0.1, 0.15) is 5.56 Å². The number of pyridine rings is 1. The fourth-order valence-corrected chi connectivity index (χ4v) is 2.37. The van der Waals surface area contributed by atoms with Crippen LogP contribution in [-0.4, -0.2) is 16.6 Å². The van der Waals surface area contributed by atoms with Crippen molar-refractivity contribution in [2.24, 2.45) is 0 Å². The Morgan fingerprint density at radius 1 is 1.00 bits per heavy atom. The molecule has 3 rings (SSSR count). The van der Waals surface area contributed by atoms with Crippen LogP contribution in [0.4, 0.5) is 11.4 Å². The van der Waals surface area contributed by atoms with Gasteiger partial charge in [-0.05, 0) is 42.3 Å². The summed E-state index contributed by atoms with van der Waals surface area (Å²) in [5.41, 5.74) is 8.95. The quantitative estimate of drug-likeness (QED) is 0.641. The molecule has 0 bridgehead atoms. The van der Waals surface area contributed by atoms with E-state index in [9.17, 15) is 5.11 Å². The molecule has 0 unspecified atom stereocenters. The van der Waals surface area contributed by atoms with E-state index in [0.717, 1.165) is 35.1 Å². The van der Waals surface area contributed by atoms with Gasteiger partial charge in [-0.15, -0.1) is 0 Å². The van der Waals surface area contributed by atoms with Gasteiger partial charge in [0.05, 0.1) is 0 Å². The van der Waals surface area contributed by atoms with Crippen molar-refractivity contribution in [1.82, 2.24) is 4.98 Å². The molecule has 0 saturated carbocycles. The van der Waals surface area contributed by atoms with Crippen LogP contribution in [0.3, 0.4) is 0 Å². The zero-order valence-electron chi connectivity index (χ0n) is 11.6. The average Bonchev–Trinajstić information content (AvgIpc) is 2.52. The number of fused-ring (bicyclic) bond motifs is 1. The van der Waals surface area contributed by atoms with Crippen LogP contribution < -0.4 is 11.1 Å². The minimum Gasteiger partial charge on any atom is -0.508 e. The number of phenolic OH excluding ortho intramolecular Hbond substituents is 1. The van der Waals surface area contributed by atoms with Gasteiger partial charge in [0.1, 0.15) is 5.75 Å². The maximum absolute atomic E-state index is 9.27. The number of aromatic hydroxyl groups is 1. The Kier molecular flexibility index (Phi) is 3.60. The van der Waals surface area contributed by atoms with Crippen LogP contribution in [0.5, 0.6) is 5.75 Å². The van der Waals surface area contributed by atoms with E-state index in [2.05, 4.69) is 10.3 Å². The molecule has 4 heteroatoms. The Balaban J connectivity index is 1.74. The van der Waals surface area contributed by atoms with Gasteiger partial charge in [-0.3, -0.25) is 4.98 Å². The molecule has 21 heavy (non-hydrogen) atoms. The topological polar surface area (TPSA) is 71.2 Å². The SMILES string of the molecule is Nc1ccc(NCCc2ccc(O)cc2)c2cnccc12. The minimum absolute atomic E-state index is 0.294. The molecule has 2 aromatic carbocycles. The highest BCUT2D eigenvalue weighted by atomic mass is 16.3. The number of benzene rings is 2. The summed E-state index contributed by atoms with van der Waals surface area (Å²) in [5, 5.41) is 14.7. The molecule has 1 heterocycles. The van der Waals surface area contributed by atoms with Crippen LogP contribution in [0, 0.1) is 0 Å². The van der Waals surface area contributed by atoms with Crippen LogP contribution in [0.25, 0.3) is 10.8 Å². The second-order valence-corrected chi connectivity index (χ2v) is 4.97. The first-order valence-corrected chi connectivity index (χ1v) is 6.88. The van der Waals surface area contributed by atoms with Crippen molar-refractivity contribution in [3.05, 3.63) is 60.4 Å². The second kappa shape index (κ2) is 5.71. The first kappa shape index (κ1) is 13.2. The van der Waals surface area contributed by atoms with Gasteiger partial charge >= 0.3 is 0 Å². The first-order chi connectivity index (χ1) is 10.2. The van der Waals surface area contributed by atoms with E-state index in [4.69, 9.17) is 5.73 Å². The smallest absolute Gasteiger partial charge is 0.115 e. The fraction of sp³-hybridized carbons (Fsp3) is 0.118. The molecule has 4 nitrogen and oxygen atoms in total. The number of nitrogens with one attached hydrogen (secondary N) is 1. The molecule has 4 N–H and O–H groups in total. The summed E-state index contributed by atoms with van der Waals surface area (Å²) in [7, 11) is 0. The predicted octanol–water partition coefficient (Wildman–Crippen LogP) is 3.18. The van der Waals surface area contributed by atoms with E-state index in [1.54, 1.807) is 18.3 Å². The number of anilines is 2. The van der Waals surface area contributed by atoms with Gasteiger partial charge in [-0.25, -0.2) is 0 Å². The summed E-state index contributed by atoms with van der Waals surface area (Å²) in [6, 6.07) is 13.1. The Bertz CT molecular complexity index is 754. The second-order valence-electron chi connectivity index (χ2n) is 4.97. The van der Waals surface area contributed by atoms with E-state index in [0.29, 0.717) is 5.75 Å². The standard InChI is InChI=1S/C17H17N3O/c18-16-5-6-17(15-11-19-9-8-14(15)16)20-10-7-12-1-3-13(21)4-2-12/h1-6,8-9,11,20-21H,7,10,18H2. The highest BCUT2D eigenvalue weighted by Gasteiger charge is 2.03. The molecule has 1 aromatic heterocycles. The molecule has 0 aliphatic carbocycles. The molecule has 106 valence electrons. The number of nitrogens with zero attached hydrogens (tertiary/aromatic N) is 1. The maximum atomic E-state index is 9.27. The van der Waals surface area contributed by atoms with Gasteiger partial charge in [-0.1, -0.05) is 12.1 Å². The molecule has 0 amide bonds. The molecule has 3 aromatic rings. The van der Waals surface area contributed by atoms with E-state index in [1.165, 1.54) is 5.56 Å². The first-order valence-electron chi connectivity index (χ1n) is 6.88. The highest BCUT2D eigenvalue weighted by molar-refractivity contribution is 6.00. The number of hydrogen-bond donors (Lipinski definition) is 3. The molecule has 0 radical (unpaired) electrons. The van der Waals surface area contributed by atoms with Gasteiger partial charge < -0.3 is 16.2 Å². The Hall–Kier alpha value is -2.75. The summed E-state index contributed by atoms with van der Waals surface area (Å²) < 4.78 is 0. The summed E-state index contributed by atoms with van der Waals surface area (Å²) in [5.74, 6) is 0.294. The lowest BCUT2D eigenvalue weighted by Gasteiger charge is -2.11. The van der Waals surface area contributed by atoms with Gasteiger partial charge in [0.2, 0.25) is 0 Å². The van der Waals surface area contributed by atoms with Gasteiger partial charge in [0.15, 0.2) is 0 Å². The van der Waals surface area contributed by atoms with Crippen LogP contribution in [-0.2, 0) is 6.42 Å². The van der Waals surface area contributed by atoms with Crippen molar-refractivity contribution < 1.29 is 5.11 Å². The van der Waals surface area contributed by atoms with E-state index in [-0.39, 0.29) is 0 Å². The van der Waals surface area contributed by atoms with Gasteiger partial charge in [0.25, 0.3) is 0 Å². The summed E-state index contributed by atoms with van der Waals surface area (Å²) in [4.78, 5) is 4.17. The maximum Gasteiger partial charge on any atom is 0.115 e. The van der Waals surface area contributed by atoms with Gasteiger partial charge in [-0.2, -0.15) is 0 Å². The Labute approximate surface area is 123 Å². The predicted molar refractivity (Wildman–Crippen MR) is 86.5 cm³/mol. The summed E-state index contributed by atoms with van der Waals surface area (Å²) >= 11 is 0. The Morgan fingerprint density at radius 3 is 2.62 bits per heavy atom. The molecule has 0 atom stereocenters. The summed E-state index contributed by atoms with van der Waals surface area (Å²) in [6.45, 7) is 0.804. The van der Waals surface area contributed by atoms with Crippen LogP contribution in [0.2, 0.25) is 0 Å². The average molecular weight is 279 g/mol. The van der Waals surface area contributed by atoms with Crippen molar-refractivity contribution in [3.63, 3.8) is 0 Å². The summed E-state index contributed by atoms with van der Waals surface area (Å²) in [6.07, 6.45) is 4.46. The zero-order chi connectivity index (χ0) is 14.7. The number of aromatic nitrogens is 1. The number of rotatable bonds is 4.